The Morgan fingerprint density at radius 3 is 2.18 bits per heavy atom. The summed E-state index contributed by atoms with van der Waals surface area (Å²) in [5.41, 5.74) is 7.15. The quantitative estimate of drug-likeness (QED) is 0.275. The topological polar surface area (TPSA) is 149 Å². The van der Waals surface area contributed by atoms with Gasteiger partial charge in [-0.15, -0.1) is 0 Å². The van der Waals surface area contributed by atoms with Crippen LogP contribution < -0.4 is 15.8 Å². The molecule has 170 valence electrons. The third kappa shape index (κ3) is 5.55. The molecule has 0 heterocycles. The first kappa shape index (κ1) is 23.5. The number of benzene rings is 3. The van der Waals surface area contributed by atoms with Crippen molar-refractivity contribution in [2.45, 2.75) is 0 Å². The van der Waals surface area contributed by atoms with Crippen molar-refractivity contribution in [3.63, 3.8) is 0 Å². The second-order valence-electron chi connectivity index (χ2n) is 6.95. The van der Waals surface area contributed by atoms with E-state index in [0.717, 1.165) is 6.26 Å². The van der Waals surface area contributed by atoms with E-state index < -0.39 is 22.0 Å². The lowest BCUT2D eigenvalue weighted by Gasteiger charge is -2.16. The maximum Gasteiger partial charge on any atom is 0.354 e. The Bertz CT molecular complexity index is 1330. The minimum Gasteiger partial charge on any atom is -0.496 e. The fraction of sp³-hybridized carbons (Fsp3) is 0.0870. The average Bonchev–Trinajstić information content (AvgIpc) is 2.77. The molecule has 10 heteroatoms. The zero-order chi connectivity index (χ0) is 24.2. The van der Waals surface area contributed by atoms with Crippen molar-refractivity contribution in [1.29, 1.82) is 5.41 Å². The maximum atomic E-state index is 13.2. The van der Waals surface area contributed by atoms with Gasteiger partial charge in [0.2, 0.25) is 0 Å². The van der Waals surface area contributed by atoms with Gasteiger partial charge < -0.3 is 20.0 Å². The Kier molecular flexibility index (Phi) is 6.78. The summed E-state index contributed by atoms with van der Waals surface area (Å²) in [4.78, 5) is 25.8. The highest BCUT2D eigenvalue weighted by Gasteiger charge is 2.24. The van der Waals surface area contributed by atoms with E-state index in [1.165, 1.54) is 13.2 Å². The number of rotatable bonds is 7. The molecule has 0 aliphatic carbocycles. The van der Waals surface area contributed by atoms with Crippen LogP contribution in [0.1, 0.15) is 26.3 Å². The number of hydrogen-bond donors (Lipinski definition) is 3. The summed E-state index contributed by atoms with van der Waals surface area (Å²) in [6, 6.07) is 17.4. The molecule has 1 amide bonds. The van der Waals surface area contributed by atoms with Crippen LogP contribution in [0.3, 0.4) is 0 Å². The molecule has 3 rings (SSSR count). The molecular formula is C23H21N3O6S. The number of amides is 1. The zero-order valence-corrected chi connectivity index (χ0v) is 18.6. The Morgan fingerprint density at radius 2 is 1.58 bits per heavy atom. The van der Waals surface area contributed by atoms with Crippen molar-refractivity contribution in [2.24, 2.45) is 5.73 Å². The number of nitrogen functional groups attached to an aromatic ring is 1. The lowest BCUT2D eigenvalue weighted by molar-refractivity contribution is 0.0748. The van der Waals surface area contributed by atoms with Gasteiger partial charge in [-0.25, -0.2) is 4.79 Å². The molecule has 0 unspecified atom stereocenters. The largest absolute Gasteiger partial charge is 0.496 e. The second-order valence-corrected chi connectivity index (χ2v) is 8.52. The minimum absolute atomic E-state index is 0.0314. The molecule has 0 spiro atoms. The predicted octanol–water partition coefficient (Wildman–Crippen LogP) is 3.01. The van der Waals surface area contributed by atoms with Crippen LogP contribution >= 0.6 is 0 Å². The summed E-state index contributed by atoms with van der Waals surface area (Å²) < 4.78 is 32.8. The van der Waals surface area contributed by atoms with Crippen molar-refractivity contribution < 1.29 is 26.9 Å². The van der Waals surface area contributed by atoms with Crippen LogP contribution in [0.2, 0.25) is 0 Å². The lowest BCUT2D eigenvalue weighted by Crippen LogP contribution is -2.16. The summed E-state index contributed by atoms with van der Waals surface area (Å²) in [5.74, 6) is -1.44. The summed E-state index contributed by atoms with van der Waals surface area (Å²) in [6.07, 6.45) is 0.773. The smallest absolute Gasteiger partial charge is 0.354 e. The standard InChI is InChI=1S/C23H21N3O6S/c1-31-19-9-5-8-17(16-6-3-4-7-18(16)23(28)32-33(2,29)30)20(19)22(27)26-15-12-10-14(11-13-15)21(24)25/h3-13H,1-2H3,(H3,24,25)(H,26,27). The highest BCUT2D eigenvalue weighted by Crippen LogP contribution is 2.34. The van der Waals surface area contributed by atoms with E-state index in [0.29, 0.717) is 22.4 Å². The predicted molar refractivity (Wildman–Crippen MR) is 124 cm³/mol. The number of anilines is 1. The normalized spacial score (nSPS) is 10.8. The first-order valence-electron chi connectivity index (χ1n) is 9.56. The van der Waals surface area contributed by atoms with E-state index in [9.17, 15) is 18.0 Å². The van der Waals surface area contributed by atoms with Gasteiger partial charge in [-0.05, 0) is 47.5 Å². The number of carbonyl (C=O) groups is 2. The van der Waals surface area contributed by atoms with E-state index in [-0.39, 0.29) is 22.7 Å². The van der Waals surface area contributed by atoms with E-state index in [1.807, 2.05) is 0 Å². The van der Waals surface area contributed by atoms with Crippen molar-refractivity contribution in [3.8, 4) is 16.9 Å². The molecule has 3 aromatic carbocycles. The summed E-state index contributed by atoms with van der Waals surface area (Å²) in [5, 5.41) is 10.2. The Balaban J connectivity index is 2.07. The third-order valence-corrected chi connectivity index (χ3v) is 5.05. The summed E-state index contributed by atoms with van der Waals surface area (Å²) in [7, 11) is -2.63. The molecule has 0 aliphatic rings. The number of nitrogens with two attached hydrogens (primary N) is 1. The zero-order valence-electron chi connectivity index (χ0n) is 17.8. The van der Waals surface area contributed by atoms with Crippen LogP contribution in [0.15, 0.2) is 66.7 Å². The van der Waals surface area contributed by atoms with Crippen LogP contribution in [0.4, 0.5) is 5.69 Å². The fourth-order valence-electron chi connectivity index (χ4n) is 3.16. The fourth-order valence-corrected chi connectivity index (χ4v) is 3.53. The molecule has 0 aliphatic heterocycles. The van der Waals surface area contributed by atoms with Crippen LogP contribution in [-0.4, -0.2) is 39.5 Å². The van der Waals surface area contributed by atoms with Gasteiger partial charge in [-0.3, -0.25) is 10.2 Å². The average molecular weight is 468 g/mol. The number of nitrogens with one attached hydrogen (secondary N) is 2. The Morgan fingerprint density at radius 1 is 0.939 bits per heavy atom. The van der Waals surface area contributed by atoms with Crippen LogP contribution in [0.5, 0.6) is 5.75 Å². The van der Waals surface area contributed by atoms with E-state index >= 15 is 0 Å². The molecule has 0 saturated carbocycles. The summed E-state index contributed by atoms with van der Waals surface area (Å²) in [6.45, 7) is 0. The monoisotopic (exact) mass is 467 g/mol. The Labute approximate surface area is 190 Å². The van der Waals surface area contributed by atoms with Crippen LogP contribution in [0.25, 0.3) is 11.1 Å². The third-order valence-electron chi connectivity index (χ3n) is 4.59. The molecule has 4 N–H and O–H groups in total. The summed E-state index contributed by atoms with van der Waals surface area (Å²) >= 11 is 0. The van der Waals surface area contributed by atoms with Gasteiger partial charge in [0.1, 0.15) is 11.6 Å². The van der Waals surface area contributed by atoms with Gasteiger partial charge in [0, 0.05) is 11.3 Å². The highest BCUT2D eigenvalue weighted by atomic mass is 32.2. The van der Waals surface area contributed by atoms with Gasteiger partial charge in [-0.2, -0.15) is 8.42 Å². The molecule has 0 fully saturated rings. The van der Waals surface area contributed by atoms with Gasteiger partial charge >= 0.3 is 16.1 Å². The highest BCUT2D eigenvalue weighted by molar-refractivity contribution is 7.86. The van der Waals surface area contributed by atoms with Crippen molar-refractivity contribution in [1.82, 2.24) is 0 Å². The van der Waals surface area contributed by atoms with Crippen molar-refractivity contribution in [2.75, 3.05) is 18.7 Å². The lowest BCUT2D eigenvalue weighted by atomic mass is 9.94. The maximum absolute atomic E-state index is 13.2. The van der Waals surface area contributed by atoms with E-state index in [4.69, 9.17) is 15.9 Å². The van der Waals surface area contributed by atoms with E-state index in [2.05, 4.69) is 9.50 Å². The SMILES string of the molecule is COc1cccc(-c2ccccc2C(=O)OS(C)(=O)=O)c1C(=O)Nc1ccc(C(=N)N)cc1. The van der Waals surface area contributed by atoms with Gasteiger partial charge in [-0.1, -0.05) is 30.3 Å². The van der Waals surface area contributed by atoms with Crippen molar-refractivity contribution >= 4 is 33.5 Å². The number of amidine groups is 1. The van der Waals surface area contributed by atoms with Crippen molar-refractivity contribution in [3.05, 3.63) is 83.4 Å². The van der Waals surface area contributed by atoms with Crippen LogP contribution in [0, 0.1) is 5.41 Å². The molecule has 3 aromatic rings. The number of carbonyl (C=O) groups excluding carboxylic acids is 2. The first-order chi connectivity index (χ1) is 15.6. The molecule has 0 atom stereocenters. The molecule has 33 heavy (non-hydrogen) atoms. The molecule has 0 aromatic heterocycles. The Hall–Kier alpha value is -4.18. The molecule has 0 bridgehead atoms. The number of ether oxygens (including phenoxy) is 1. The molecule has 0 saturated heterocycles. The second kappa shape index (κ2) is 9.53. The molecule has 0 radical (unpaired) electrons. The molecule has 9 nitrogen and oxygen atoms in total. The van der Waals surface area contributed by atoms with E-state index in [1.54, 1.807) is 60.7 Å². The number of hydrogen-bond acceptors (Lipinski definition) is 7. The van der Waals surface area contributed by atoms with Gasteiger partial charge in [0.25, 0.3) is 5.91 Å². The van der Waals surface area contributed by atoms with Gasteiger partial charge in [0.05, 0.1) is 24.5 Å². The number of methoxy groups -OCH3 is 1. The first-order valence-corrected chi connectivity index (χ1v) is 11.4. The minimum atomic E-state index is -4.04. The molecular weight excluding hydrogens is 446 g/mol. The van der Waals surface area contributed by atoms with Crippen LogP contribution in [-0.2, 0) is 14.3 Å². The van der Waals surface area contributed by atoms with Gasteiger partial charge in [0.15, 0.2) is 0 Å².